The van der Waals surface area contributed by atoms with Crippen LogP contribution < -0.4 is 0 Å². The second-order valence-electron chi connectivity index (χ2n) is 3.23. The largest absolute Gasteiger partial charge is 0.337 e. The van der Waals surface area contributed by atoms with Gasteiger partial charge in [0.25, 0.3) is 0 Å². The van der Waals surface area contributed by atoms with Gasteiger partial charge in [0, 0.05) is 18.3 Å². The molecule has 6 heteroatoms. The zero-order chi connectivity index (χ0) is 11.1. The summed E-state index contributed by atoms with van der Waals surface area (Å²) in [7, 11) is 0. The summed E-state index contributed by atoms with van der Waals surface area (Å²) in [6.07, 6.45) is 1.65. The fourth-order valence-corrected chi connectivity index (χ4v) is 2.02. The first-order valence-electron chi connectivity index (χ1n) is 4.47. The van der Waals surface area contributed by atoms with Crippen molar-refractivity contribution in [2.45, 2.75) is 0 Å². The normalized spacial score (nSPS) is 11.1. The lowest BCUT2D eigenvalue weighted by atomic mass is 10.3. The minimum absolute atomic E-state index is 0.405. The Balaban J connectivity index is 2.23. The Labute approximate surface area is 92.8 Å². The molecule has 1 aromatic carbocycles. The van der Waals surface area contributed by atoms with Crippen LogP contribution in [0.1, 0.15) is 0 Å². The molecule has 0 spiro atoms. The van der Waals surface area contributed by atoms with Gasteiger partial charge in [-0.15, -0.1) is 11.3 Å². The van der Waals surface area contributed by atoms with Gasteiger partial charge in [0.1, 0.15) is 5.82 Å². The van der Waals surface area contributed by atoms with E-state index in [4.69, 9.17) is 0 Å². The third kappa shape index (κ3) is 1.38. The number of aromatic nitrogens is 3. The van der Waals surface area contributed by atoms with Gasteiger partial charge >= 0.3 is 0 Å². The molecule has 0 radical (unpaired) electrons. The highest BCUT2D eigenvalue weighted by molar-refractivity contribution is 7.13. The van der Waals surface area contributed by atoms with E-state index >= 15 is 0 Å². The predicted molar refractivity (Wildman–Crippen MR) is 57.1 cm³/mol. The summed E-state index contributed by atoms with van der Waals surface area (Å²) in [5.41, 5.74) is 2.55. The van der Waals surface area contributed by atoms with Crippen LogP contribution in [0.5, 0.6) is 0 Å². The number of fused-ring (bicyclic) bond motifs is 1. The molecule has 0 saturated carbocycles. The second kappa shape index (κ2) is 3.34. The number of nitrogens with one attached hydrogen (secondary N) is 1. The molecule has 0 unspecified atom stereocenters. The number of rotatable bonds is 1. The number of thiazole rings is 1. The summed E-state index contributed by atoms with van der Waals surface area (Å²) >= 11 is 1.41. The Hall–Kier alpha value is -1.82. The van der Waals surface area contributed by atoms with Crippen LogP contribution in [0.4, 0.5) is 8.78 Å². The van der Waals surface area contributed by atoms with Gasteiger partial charge in [-0.05, 0) is 0 Å². The smallest absolute Gasteiger partial charge is 0.161 e. The molecular weight excluding hydrogens is 232 g/mol. The lowest BCUT2D eigenvalue weighted by molar-refractivity contribution is 0.510. The monoisotopic (exact) mass is 237 g/mol. The number of H-pyrrole nitrogens is 1. The number of imidazole rings is 1. The standard InChI is InChI=1S/C10H5F2N3S/c11-5-1-7-8(2-6(5)12)15-10(14-7)9-3-13-4-16-9/h1-4H,(H,14,15). The summed E-state index contributed by atoms with van der Waals surface area (Å²) in [6.45, 7) is 0. The summed E-state index contributed by atoms with van der Waals surface area (Å²) in [5, 5.41) is 0. The van der Waals surface area contributed by atoms with Crippen LogP contribution >= 0.6 is 11.3 Å². The minimum atomic E-state index is -0.894. The first-order chi connectivity index (χ1) is 7.74. The summed E-state index contributed by atoms with van der Waals surface area (Å²) in [6, 6.07) is 2.17. The molecule has 2 heterocycles. The maximum absolute atomic E-state index is 13.0. The van der Waals surface area contributed by atoms with Crippen LogP contribution in [0.25, 0.3) is 21.7 Å². The maximum atomic E-state index is 13.0. The van der Waals surface area contributed by atoms with E-state index in [1.165, 1.54) is 11.3 Å². The van der Waals surface area contributed by atoms with Crippen molar-refractivity contribution in [1.82, 2.24) is 15.0 Å². The fourth-order valence-electron chi connectivity index (χ4n) is 1.45. The third-order valence-electron chi connectivity index (χ3n) is 2.19. The minimum Gasteiger partial charge on any atom is -0.337 e. The molecule has 2 aromatic heterocycles. The predicted octanol–water partition coefficient (Wildman–Crippen LogP) is 2.96. The van der Waals surface area contributed by atoms with Gasteiger partial charge in [-0.25, -0.2) is 13.8 Å². The quantitative estimate of drug-likeness (QED) is 0.707. The Morgan fingerprint density at radius 2 is 2.00 bits per heavy atom. The van der Waals surface area contributed by atoms with E-state index in [1.807, 2.05) is 0 Å². The van der Waals surface area contributed by atoms with Crippen molar-refractivity contribution in [2.75, 3.05) is 0 Å². The molecular formula is C10H5F2N3S. The van der Waals surface area contributed by atoms with Crippen molar-refractivity contribution >= 4 is 22.4 Å². The van der Waals surface area contributed by atoms with E-state index in [0.29, 0.717) is 16.9 Å². The van der Waals surface area contributed by atoms with Gasteiger partial charge in [0.2, 0.25) is 0 Å². The van der Waals surface area contributed by atoms with Crippen molar-refractivity contribution in [1.29, 1.82) is 0 Å². The van der Waals surface area contributed by atoms with Crippen LogP contribution in [-0.2, 0) is 0 Å². The van der Waals surface area contributed by atoms with Crippen LogP contribution in [0, 0.1) is 11.6 Å². The lowest BCUT2D eigenvalue weighted by Gasteiger charge is -1.90. The Kier molecular flexibility index (Phi) is 1.97. The van der Waals surface area contributed by atoms with Crippen molar-refractivity contribution < 1.29 is 8.78 Å². The van der Waals surface area contributed by atoms with E-state index in [2.05, 4.69) is 15.0 Å². The molecule has 3 rings (SSSR count). The number of hydrogen-bond donors (Lipinski definition) is 1. The van der Waals surface area contributed by atoms with Crippen LogP contribution in [0.2, 0.25) is 0 Å². The lowest BCUT2D eigenvalue weighted by Crippen LogP contribution is -1.82. The molecule has 0 fully saturated rings. The molecule has 16 heavy (non-hydrogen) atoms. The Bertz CT molecular complexity index is 606. The van der Waals surface area contributed by atoms with Crippen LogP contribution in [0.3, 0.4) is 0 Å². The van der Waals surface area contributed by atoms with E-state index < -0.39 is 11.6 Å². The summed E-state index contributed by atoms with van der Waals surface area (Å²) in [5.74, 6) is -1.20. The van der Waals surface area contributed by atoms with Crippen molar-refractivity contribution in [3.05, 3.63) is 35.5 Å². The number of aromatic amines is 1. The molecule has 1 N–H and O–H groups in total. The van der Waals surface area contributed by atoms with Crippen molar-refractivity contribution in [3.8, 4) is 10.7 Å². The number of halogens is 2. The van der Waals surface area contributed by atoms with Crippen molar-refractivity contribution in [3.63, 3.8) is 0 Å². The first kappa shape index (κ1) is 9.41. The zero-order valence-electron chi connectivity index (χ0n) is 7.87. The Morgan fingerprint density at radius 3 is 2.75 bits per heavy atom. The van der Waals surface area contributed by atoms with Gasteiger partial charge in [-0.3, -0.25) is 4.98 Å². The third-order valence-corrected chi connectivity index (χ3v) is 2.97. The maximum Gasteiger partial charge on any atom is 0.161 e. The SMILES string of the molecule is Fc1cc2nc(-c3cncs3)[nH]c2cc1F. The van der Waals surface area contributed by atoms with Gasteiger partial charge in [0.05, 0.1) is 21.4 Å². The molecule has 0 aliphatic rings. The topological polar surface area (TPSA) is 41.6 Å². The highest BCUT2D eigenvalue weighted by atomic mass is 32.1. The van der Waals surface area contributed by atoms with E-state index in [0.717, 1.165) is 17.0 Å². The molecule has 0 amide bonds. The molecule has 0 aliphatic carbocycles. The molecule has 0 saturated heterocycles. The highest BCUT2D eigenvalue weighted by Gasteiger charge is 2.10. The Morgan fingerprint density at radius 1 is 1.19 bits per heavy atom. The number of hydrogen-bond acceptors (Lipinski definition) is 3. The van der Waals surface area contributed by atoms with Gasteiger partial charge in [-0.1, -0.05) is 0 Å². The van der Waals surface area contributed by atoms with Crippen LogP contribution in [-0.4, -0.2) is 15.0 Å². The highest BCUT2D eigenvalue weighted by Crippen LogP contribution is 2.24. The molecule has 3 aromatic rings. The summed E-state index contributed by atoms with van der Waals surface area (Å²) in [4.78, 5) is 11.8. The molecule has 0 atom stereocenters. The average molecular weight is 237 g/mol. The van der Waals surface area contributed by atoms with Gasteiger partial charge in [-0.2, -0.15) is 0 Å². The molecule has 0 bridgehead atoms. The van der Waals surface area contributed by atoms with E-state index in [-0.39, 0.29) is 0 Å². The van der Waals surface area contributed by atoms with Gasteiger partial charge in [0.15, 0.2) is 11.6 Å². The number of nitrogens with zero attached hydrogens (tertiary/aromatic N) is 2. The molecule has 80 valence electrons. The average Bonchev–Trinajstić information content (AvgIpc) is 2.86. The van der Waals surface area contributed by atoms with E-state index in [9.17, 15) is 8.78 Å². The summed E-state index contributed by atoms with van der Waals surface area (Å²) < 4.78 is 25.9. The van der Waals surface area contributed by atoms with E-state index in [1.54, 1.807) is 11.7 Å². The zero-order valence-corrected chi connectivity index (χ0v) is 8.68. The van der Waals surface area contributed by atoms with Crippen LogP contribution in [0.15, 0.2) is 23.8 Å². The fraction of sp³-hybridized carbons (Fsp3) is 0. The molecule has 0 aliphatic heterocycles. The molecule has 3 nitrogen and oxygen atoms in total. The van der Waals surface area contributed by atoms with Gasteiger partial charge < -0.3 is 4.98 Å². The number of benzene rings is 1. The first-order valence-corrected chi connectivity index (χ1v) is 5.35. The van der Waals surface area contributed by atoms with Crippen molar-refractivity contribution in [2.24, 2.45) is 0 Å². The second-order valence-corrected chi connectivity index (χ2v) is 4.12.